The fourth-order valence-corrected chi connectivity index (χ4v) is 1.58. The average molecular weight is 214 g/mol. The molecule has 0 bridgehead atoms. The minimum Gasteiger partial charge on any atom is -0.383 e. The van der Waals surface area contributed by atoms with Gasteiger partial charge in [0.05, 0.1) is 18.2 Å². The van der Waals surface area contributed by atoms with Gasteiger partial charge in [0.25, 0.3) is 5.91 Å². The maximum atomic E-state index is 11.5. The van der Waals surface area contributed by atoms with Crippen LogP contribution in [0.3, 0.4) is 0 Å². The molecule has 0 aliphatic carbocycles. The number of nitrogens with zero attached hydrogens (tertiary/aromatic N) is 1. The van der Waals surface area contributed by atoms with Crippen LogP contribution in [0.2, 0.25) is 0 Å². The Morgan fingerprint density at radius 3 is 3.07 bits per heavy atom. The highest BCUT2D eigenvalue weighted by atomic mass is 32.1. The normalized spacial score (nSPS) is 12.4. The summed E-state index contributed by atoms with van der Waals surface area (Å²) in [5.41, 5.74) is 2.12. The molecular formula is C9H14N2O2S. The van der Waals surface area contributed by atoms with E-state index in [1.165, 1.54) is 11.3 Å². The van der Waals surface area contributed by atoms with Gasteiger partial charge in [-0.3, -0.25) is 4.79 Å². The second-order valence-corrected chi connectivity index (χ2v) is 3.63. The highest BCUT2D eigenvalue weighted by molar-refractivity contribution is 7.07. The van der Waals surface area contributed by atoms with Crippen molar-refractivity contribution < 1.29 is 9.53 Å². The predicted molar refractivity (Wildman–Crippen MR) is 55.5 cm³/mol. The smallest absolute Gasteiger partial charge is 0.271 e. The molecule has 1 amide bonds. The van der Waals surface area contributed by atoms with Crippen LogP contribution in [0.1, 0.15) is 23.8 Å². The number of nitrogens with one attached hydrogen (secondary N) is 1. The number of hydrogen-bond donors (Lipinski definition) is 1. The van der Waals surface area contributed by atoms with Crippen molar-refractivity contribution in [3.05, 3.63) is 16.6 Å². The molecule has 0 spiro atoms. The molecule has 0 saturated carbocycles. The van der Waals surface area contributed by atoms with E-state index >= 15 is 0 Å². The van der Waals surface area contributed by atoms with Crippen LogP contribution in [0.15, 0.2) is 10.9 Å². The molecule has 1 aromatic rings. The summed E-state index contributed by atoms with van der Waals surface area (Å²) >= 11 is 1.41. The van der Waals surface area contributed by atoms with Crippen molar-refractivity contribution >= 4 is 17.2 Å². The number of aromatic nitrogens is 1. The Balaban J connectivity index is 2.47. The maximum Gasteiger partial charge on any atom is 0.271 e. The van der Waals surface area contributed by atoms with Crippen LogP contribution < -0.4 is 5.32 Å². The van der Waals surface area contributed by atoms with Gasteiger partial charge in [-0.25, -0.2) is 4.98 Å². The zero-order valence-corrected chi connectivity index (χ0v) is 9.13. The van der Waals surface area contributed by atoms with E-state index in [1.54, 1.807) is 18.0 Å². The fourth-order valence-electron chi connectivity index (χ4n) is 1.05. The van der Waals surface area contributed by atoms with Gasteiger partial charge in [-0.2, -0.15) is 0 Å². The van der Waals surface area contributed by atoms with Crippen molar-refractivity contribution in [3.63, 3.8) is 0 Å². The molecule has 0 aliphatic heterocycles. The third kappa shape index (κ3) is 3.08. The van der Waals surface area contributed by atoms with Gasteiger partial charge >= 0.3 is 0 Å². The van der Waals surface area contributed by atoms with Gasteiger partial charge in [0, 0.05) is 12.5 Å². The third-order valence-corrected chi connectivity index (χ3v) is 2.45. The molecule has 0 radical (unpaired) electrons. The second-order valence-electron chi connectivity index (χ2n) is 2.91. The summed E-state index contributed by atoms with van der Waals surface area (Å²) in [7, 11) is 1.62. The van der Waals surface area contributed by atoms with Crippen LogP contribution >= 0.6 is 11.3 Å². The number of hydrogen-bond acceptors (Lipinski definition) is 4. The van der Waals surface area contributed by atoms with E-state index in [2.05, 4.69) is 10.3 Å². The lowest BCUT2D eigenvalue weighted by Crippen LogP contribution is -2.37. The molecule has 5 heteroatoms. The quantitative estimate of drug-likeness (QED) is 0.803. The van der Waals surface area contributed by atoms with Crippen molar-refractivity contribution in [2.45, 2.75) is 19.4 Å². The topological polar surface area (TPSA) is 51.2 Å². The highest BCUT2D eigenvalue weighted by Gasteiger charge is 2.12. The molecule has 14 heavy (non-hydrogen) atoms. The first kappa shape index (κ1) is 11.1. The predicted octanol–water partition coefficient (Wildman–Crippen LogP) is 1.30. The van der Waals surface area contributed by atoms with Gasteiger partial charge in [-0.1, -0.05) is 6.92 Å². The largest absolute Gasteiger partial charge is 0.383 e. The van der Waals surface area contributed by atoms with Crippen molar-refractivity contribution in [3.8, 4) is 0 Å². The Hall–Kier alpha value is -0.940. The first-order chi connectivity index (χ1) is 6.77. The minimum absolute atomic E-state index is 0.0641. The Morgan fingerprint density at radius 1 is 1.79 bits per heavy atom. The Kier molecular flexibility index (Phi) is 4.55. The minimum atomic E-state index is -0.129. The van der Waals surface area contributed by atoms with E-state index in [0.717, 1.165) is 6.42 Å². The molecule has 1 atom stereocenters. The van der Waals surface area contributed by atoms with Crippen molar-refractivity contribution in [1.82, 2.24) is 10.3 Å². The number of thiazole rings is 1. The molecule has 1 aromatic heterocycles. The van der Waals surface area contributed by atoms with E-state index in [4.69, 9.17) is 4.74 Å². The molecule has 1 heterocycles. The van der Waals surface area contributed by atoms with Gasteiger partial charge in [-0.15, -0.1) is 11.3 Å². The zero-order valence-electron chi connectivity index (χ0n) is 8.32. The van der Waals surface area contributed by atoms with Crippen LogP contribution in [0, 0.1) is 0 Å². The third-order valence-electron chi connectivity index (χ3n) is 1.86. The molecule has 0 aromatic carbocycles. The van der Waals surface area contributed by atoms with Crippen LogP contribution in [0.25, 0.3) is 0 Å². The lowest BCUT2D eigenvalue weighted by atomic mass is 10.2. The number of amides is 1. The van der Waals surface area contributed by atoms with Crippen LogP contribution in [0.5, 0.6) is 0 Å². The molecule has 0 fully saturated rings. The summed E-state index contributed by atoms with van der Waals surface area (Å²) in [6.45, 7) is 2.54. The summed E-state index contributed by atoms with van der Waals surface area (Å²) in [6, 6.07) is 0.0641. The lowest BCUT2D eigenvalue weighted by molar-refractivity contribution is 0.0890. The summed E-state index contributed by atoms with van der Waals surface area (Å²) < 4.78 is 4.98. The van der Waals surface area contributed by atoms with Gasteiger partial charge in [0.1, 0.15) is 5.69 Å². The first-order valence-corrected chi connectivity index (χ1v) is 5.40. The van der Waals surface area contributed by atoms with Gasteiger partial charge in [0.2, 0.25) is 0 Å². The van der Waals surface area contributed by atoms with E-state index in [1.807, 2.05) is 6.92 Å². The number of carbonyl (C=O) groups is 1. The Morgan fingerprint density at radius 2 is 2.57 bits per heavy atom. The number of carbonyl (C=O) groups excluding carboxylic acids is 1. The van der Waals surface area contributed by atoms with E-state index in [-0.39, 0.29) is 11.9 Å². The van der Waals surface area contributed by atoms with Crippen molar-refractivity contribution in [2.24, 2.45) is 0 Å². The molecule has 1 N–H and O–H groups in total. The van der Waals surface area contributed by atoms with Crippen LogP contribution in [-0.2, 0) is 4.74 Å². The lowest BCUT2D eigenvalue weighted by Gasteiger charge is -2.14. The number of rotatable bonds is 5. The van der Waals surface area contributed by atoms with Crippen LogP contribution in [-0.4, -0.2) is 30.6 Å². The summed E-state index contributed by atoms with van der Waals surface area (Å²) in [4.78, 5) is 15.5. The monoisotopic (exact) mass is 214 g/mol. The Labute approximate surface area is 87.3 Å². The molecule has 0 saturated heterocycles. The highest BCUT2D eigenvalue weighted by Crippen LogP contribution is 2.02. The maximum absolute atomic E-state index is 11.5. The average Bonchev–Trinajstić information content (AvgIpc) is 2.69. The van der Waals surface area contributed by atoms with Crippen molar-refractivity contribution in [2.75, 3.05) is 13.7 Å². The van der Waals surface area contributed by atoms with Gasteiger partial charge < -0.3 is 10.1 Å². The molecule has 1 rings (SSSR count). The number of methoxy groups -OCH3 is 1. The molecule has 78 valence electrons. The van der Waals surface area contributed by atoms with E-state index in [0.29, 0.717) is 12.3 Å². The van der Waals surface area contributed by atoms with Crippen LogP contribution in [0.4, 0.5) is 0 Å². The second kappa shape index (κ2) is 5.72. The molecule has 0 aliphatic rings. The van der Waals surface area contributed by atoms with E-state index < -0.39 is 0 Å². The molecular weight excluding hydrogens is 200 g/mol. The van der Waals surface area contributed by atoms with E-state index in [9.17, 15) is 4.79 Å². The summed E-state index contributed by atoms with van der Waals surface area (Å²) in [5, 5.41) is 4.58. The number of ether oxygens (including phenoxy) is 1. The Bertz CT molecular complexity index is 274. The van der Waals surface area contributed by atoms with Gasteiger partial charge in [0.15, 0.2) is 0 Å². The standard InChI is InChI=1S/C9H14N2O2S/c1-3-7(4-13-2)11-9(12)8-5-14-6-10-8/h5-7H,3-4H2,1-2H3,(H,11,12). The van der Waals surface area contributed by atoms with Crippen molar-refractivity contribution in [1.29, 1.82) is 0 Å². The first-order valence-electron chi connectivity index (χ1n) is 4.46. The molecule has 4 nitrogen and oxygen atoms in total. The fraction of sp³-hybridized carbons (Fsp3) is 0.556. The molecule has 1 unspecified atom stereocenters. The SMILES string of the molecule is CCC(COC)NC(=O)c1cscn1. The summed E-state index contributed by atoms with van der Waals surface area (Å²) in [5.74, 6) is -0.129. The van der Waals surface area contributed by atoms with Gasteiger partial charge in [-0.05, 0) is 6.42 Å². The summed E-state index contributed by atoms with van der Waals surface area (Å²) in [6.07, 6.45) is 0.851. The zero-order chi connectivity index (χ0) is 10.4.